The Hall–Kier alpha value is -1.97. The van der Waals surface area contributed by atoms with Crippen LogP contribution in [0.2, 0.25) is 0 Å². The third-order valence-electron chi connectivity index (χ3n) is 4.00. The van der Waals surface area contributed by atoms with Gasteiger partial charge in [0, 0.05) is 31.9 Å². The molecule has 0 aromatic heterocycles. The van der Waals surface area contributed by atoms with E-state index < -0.39 is 0 Å². The molecule has 1 saturated carbocycles. The lowest BCUT2D eigenvalue weighted by Gasteiger charge is -2.18. The number of rotatable bonds is 4. The van der Waals surface area contributed by atoms with Crippen LogP contribution < -0.4 is 10.6 Å². The summed E-state index contributed by atoms with van der Waals surface area (Å²) in [6, 6.07) is 9.23. The lowest BCUT2D eigenvalue weighted by Crippen LogP contribution is -2.35. The number of nitrogens with two attached hydrogens (primary N) is 1. The Bertz CT molecular complexity index is 506. The van der Waals surface area contributed by atoms with Crippen LogP contribution in [0, 0.1) is 0 Å². The second-order valence-corrected chi connectivity index (χ2v) is 5.56. The molecule has 0 amide bonds. The highest BCUT2D eigenvalue weighted by molar-refractivity contribution is 5.78. The van der Waals surface area contributed by atoms with Crippen LogP contribution in [0.5, 0.6) is 0 Å². The predicted octanol–water partition coefficient (Wildman–Crippen LogP) is 1.97. The zero-order valence-corrected chi connectivity index (χ0v) is 12.0. The highest BCUT2D eigenvalue weighted by Gasteiger charge is 2.27. The SMILES string of the molecule is CN(C(N)=NCc1ccc(N2CC=CC2)cc1)C1CC1. The number of hydrogen-bond acceptors (Lipinski definition) is 2. The van der Waals surface area contributed by atoms with E-state index in [1.54, 1.807) is 0 Å². The molecule has 106 valence electrons. The van der Waals surface area contributed by atoms with Crippen LogP contribution >= 0.6 is 0 Å². The van der Waals surface area contributed by atoms with E-state index in [4.69, 9.17) is 5.73 Å². The fraction of sp³-hybridized carbons (Fsp3) is 0.438. The Morgan fingerprint density at radius 2 is 1.90 bits per heavy atom. The lowest BCUT2D eigenvalue weighted by atomic mass is 10.2. The molecule has 0 bridgehead atoms. The first-order valence-electron chi connectivity index (χ1n) is 7.25. The smallest absolute Gasteiger partial charge is 0.191 e. The van der Waals surface area contributed by atoms with Gasteiger partial charge in [-0.1, -0.05) is 24.3 Å². The molecule has 0 unspecified atom stereocenters. The van der Waals surface area contributed by atoms with Gasteiger partial charge in [-0.25, -0.2) is 4.99 Å². The summed E-state index contributed by atoms with van der Waals surface area (Å²) in [6.07, 6.45) is 6.88. The van der Waals surface area contributed by atoms with E-state index in [9.17, 15) is 0 Å². The molecule has 4 nitrogen and oxygen atoms in total. The second kappa shape index (κ2) is 5.57. The highest BCUT2D eigenvalue weighted by Crippen LogP contribution is 2.25. The fourth-order valence-corrected chi connectivity index (χ4v) is 2.43. The van der Waals surface area contributed by atoms with Gasteiger partial charge in [-0.2, -0.15) is 0 Å². The minimum atomic E-state index is 0.615. The number of anilines is 1. The van der Waals surface area contributed by atoms with Gasteiger partial charge in [-0.3, -0.25) is 0 Å². The van der Waals surface area contributed by atoms with Crippen molar-refractivity contribution < 1.29 is 0 Å². The summed E-state index contributed by atoms with van der Waals surface area (Å²) in [7, 11) is 2.03. The molecule has 1 fully saturated rings. The predicted molar refractivity (Wildman–Crippen MR) is 83.9 cm³/mol. The first-order valence-corrected chi connectivity index (χ1v) is 7.25. The highest BCUT2D eigenvalue weighted by atomic mass is 15.3. The first-order chi connectivity index (χ1) is 9.74. The van der Waals surface area contributed by atoms with Crippen molar-refractivity contribution in [2.75, 3.05) is 25.0 Å². The molecule has 0 spiro atoms. The number of hydrogen-bond donors (Lipinski definition) is 1. The molecule has 3 rings (SSSR count). The minimum Gasteiger partial charge on any atom is -0.370 e. The number of nitrogens with zero attached hydrogens (tertiary/aromatic N) is 3. The standard InChI is InChI=1S/C16H22N4/c1-19(14-8-9-14)16(17)18-12-13-4-6-15(7-5-13)20-10-2-3-11-20/h2-7,14H,8-12H2,1H3,(H2,17,18). The first kappa shape index (κ1) is 13.0. The largest absolute Gasteiger partial charge is 0.370 e. The van der Waals surface area contributed by atoms with E-state index in [0.717, 1.165) is 13.1 Å². The van der Waals surface area contributed by atoms with Crippen LogP contribution in [0.4, 0.5) is 5.69 Å². The number of benzene rings is 1. The molecule has 1 heterocycles. The molecular weight excluding hydrogens is 248 g/mol. The minimum absolute atomic E-state index is 0.615. The van der Waals surface area contributed by atoms with Crippen molar-refractivity contribution >= 4 is 11.6 Å². The Balaban J connectivity index is 1.58. The quantitative estimate of drug-likeness (QED) is 0.517. The molecule has 1 aromatic carbocycles. The monoisotopic (exact) mass is 270 g/mol. The summed E-state index contributed by atoms with van der Waals surface area (Å²) >= 11 is 0. The van der Waals surface area contributed by atoms with Crippen LogP contribution in [-0.4, -0.2) is 37.0 Å². The van der Waals surface area contributed by atoms with Crippen molar-refractivity contribution in [1.29, 1.82) is 0 Å². The third kappa shape index (κ3) is 2.95. The molecule has 2 aliphatic rings. The fourth-order valence-electron chi connectivity index (χ4n) is 2.43. The van der Waals surface area contributed by atoms with E-state index in [0.29, 0.717) is 18.5 Å². The van der Waals surface area contributed by atoms with Gasteiger partial charge < -0.3 is 15.5 Å². The van der Waals surface area contributed by atoms with Crippen LogP contribution in [0.3, 0.4) is 0 Å². The van der Waals surface area contributed by atoms with Gasteiger partial charge in [0.1, 0.15) is 0 Å². The van der Waals surface area contributed by atoms with Gasteiger partial charge in [0.15, 0.2) is 5.96 Å². The Morgan fingerprint density at radius 3 is 2.50 bits per heavy atom. The van der Waals surface area contributed by atoms with E-state index >= 15 is 0 Å². The maximum atomic E-state index is 5.99. The lowest BCUT2D eigenvalue weighted by molar-refractivity contribution is 0.487. The van der Waals surface area contributed by atoms with Crippen LogP contribution in [0.25, 0.3) is 0 Å². The van der Waals surface area contributed by atoms with Gasteiger partial charge in [0.2, 0.25) is 0 Å². The van der Waals surface area contributed by atoms with E-state index in [1.807, 2.05) is 7.05 Å². The summed E-state index contributed by atoms with van der Waals surface area (Å²) in [5, 5.41) is 0. The van der Waals surface area contributed by atoms with Crippen molar-refractivity contribution in [3.63, 3.8) is 0 Å². The normalized spacial score (nSPS) is 18.6. The number of guanidine groups is 1. The average molecular weight is 270 g/mol. The Labute approximate surface area is 120 Å². The molecule has 20 heavy (non-hydrogen) atoms. The van der Waals surface area contributed by atoms with E-state index in [1.165, 1.54) is 24.1 Å². The zero-order chi connectivity index (χ0) is 13.9. The van der Waals surface area contributed by atoms with Crippen molar-refractivity contribution in [3.05, 3.63) is 42.0 Å². The summed E-state index contributed by atoms with van der Waals surface area (Å²) < 4.78 is 0. The maximum absolute atomic E-state index is 5.99. The molecule has 0 atom stereocenters. The van der Waals surface area contributed by atoms with Crippen molar-refractivity contribution in [1.82, 2.24) is 4.90 Å². The van der Waals surface area contributed by atoms with Crippen molar-refractivity contribution in [3.8, 4) is 0 Å². The molecule has 1 aromatic rings. The zero-order valence-electron chi connectivity index (χ0n) is 12.0. The molecule has 4 heteroatoms. The maximum Gasteiger partial charge on any atom is 0.191 e. The van der Waals surface area contributed by atoms with Crippen molar-refractivity contribution in [2.45, 2.75) is 25.4 Å². The molecular formula is C16H22N4. The van der Waals surface area contributed by atoms with Crippen LogP contribution in [0.1, 0.15) is 18.4 Å². The molecule has 1 aliphatic carbocycles. The van der Waals surface area contributed by atoms with E-state index in [2.05, 4.69) is 51.2 Å². The van der Waals surface area contributed by atoms with Crippen molar-refractivity contribution in [2.24, 2.45) is 10.7 Å². The van der Waals surface area contributed by atoms with Crippen LogP contribution in [-0.2, 0) is 6.54 Å². The topological polar surface area (TPSA) is 44.9 Å². The van der Waals surface area contributed by atoms with Crippen LogP contribution in [0.15, 0.2) is 41.4 Å². The molecule has 1 aliphatic heterocycles. The Kier molecular flexibility index (Phi) is 3.63. The molecule has 2 N–H and O–H groups in total. The third-order valence-corrected chi connectivity index (χ3v) is 4.00. The van der Waals surface area contributed by atoms with Gasteiger partial charge in [0.25, 0.3) is 0 Å². The summed E-state index contributed by atoms with van der Waals surface area (Å²) in [6.45, 7) is 2.68. The number of aliphatic imine (C=N–C) groups is 1. The van der Waals surface area contributed by atoms with Gasteiger partial charge in [0.05, 0.1) is 6.54 Å². The van der Waals surface area contributed by atoms with E-state index in [-0.39, 0.29) is 0 Å². The Morgan fingerprint density at radius 1 is 1.25 bits per heavy atom. The second-order valence-electron chi connectivity index (χ2n) is 5.56. The average Bonchev–Trinajstić information content (AvgIpc) is 3.19. The summed E-state index contributed by atoms with van der Waals surface area (Å²) in [5.41, 5.74) is 8.47. The summed E-state index contributed by atoms with van der Waals surface area (Å²) in [5.74, 6) is 0.653. The van der Waals surface area contributed by atoms with Gasteiger partial charge >= 0.3 is 0 Å². The summed E-state index contributed by atoms with van der Waals surface area (Å²) in [4.78, 5) is 8.90. The van der Waals surface area contributed by atoms with Gasteiger partial charge in [-0.15, -0.1) is 0 Å². The molecule has 0 saturated heterocycles. The van der Waals surface area contributed by atoms with Gasteiger partial charge in [-0.05, 0) is 30.5 Å². The molecule has 0 radical (unpaired) electrons.